The van der Waals surface area contributed by atoms with Gasteiger partial charge in [0.2, 0.25) is 0 Å². The molecule has 2 atom stereocenters. The van der Waals surface area contributed by atoms with Crippen LogP contribution in [0.15, 0.2) is 0 Å². The highest BCUT2D eigenvalue weighted by Crippen LogP contribution is 2.37. The van der Waals surface area contributed by atoms with E-state index in [2.05, 4.69) is 24.1 Å². The van der Waals surface area contributed by atoms with Crippen molar-refractivity contribution in [2.45, 2.75) is 57.5 Å². The Balaban J connectivity index is 1.67. The van der Waals surface area contributed by atoms with Crippen LogP contribution in [0.5, 0.6) is 0 Å². The maximum absolute atomic E-state index is 5.58. The Hall–Kier alpha value is -0.120. The Morgan fingerprint density at radius 2 is 2.00 bits per heavy atom. The van der Waals surface area contributed by atoms with E-state index in [-0.39, 0.29) is 0 Å². The largest absolute Gasteiger partial charge is 0.381 e. The molecule has 110 valence electrons. The van der Waals surface area contributed by atoms with Gasteiger partial charge in [0.05, 0.1) is 6.61 Å². The van der Waals surface area contributed by atoms with Gasteiger partial charge in [-0.15, -0.1) is 0 Å². The van der Waals surface area contributed by atoms with Gasteiger partial charge in [0.25, 0.3) is 0 Å². The summed E-state index contributed by atoms with van der Waals surface area (Å²) in [6.45, 7) is 10.4. The van der Waals surface area contributed by atoms with Gasteiger partial charge in [-0.3, -0.25) is 4.90 Å². The van der Waals surface area contributed by atoms with Gasteiger partial charge in [-0.2, -0.15) is 0 Å². The summed E-state index contributed by atoms with van der Waals surface area (Å²) in [6, 6.07) is 0.758. The Morgan fingerprint density at radius 1 is 1.21 bits per heavy atom. The third kappa shape index (κ3) is 2.84. The summed E-state index contributed by atoms with van der Waals surface area (Å²) >= 11 is 0. The summed E-state index contributed by atoms with van der Waals surface area (Å²) in [5, 5.41) is 3.86. The first-order chi connectivity index (χ1) is 9.27. The Bertz CT molecular complexity index is 291. The second-order valence-corrected chi connectivity index (χ2v) is 6.89. The molecule has 3 rings (SSSR count). The van der Waals surface area contributed by atoms with E-state index in [1.165, 1.54) is 51.7 Å². The molecule has 1 saturated carbocycles. The summed E-state index contributed by atoms with van der Waals surface area (Å²) in [6.07, 6.45) is 6.69. The second-order valence-electron chi connectivity index (χ2n) is 6.89. The van der Waals surface area contributed by atoms with Gasteiger partial charge < -0.3 is 10.1 Å². The van der Waals surface area contributed by atoms with Crippen LogP contribution in [0, 0.1) is 11.8 Å². The quantitative estimate of drug-likeness (QED) is 0.826. The molecule has 0 spiro atoms. The van der Waals surface area contributed by atoms with Crippen molar-refractivity contribution in [1.82, 2.24) is 10.2 Å². The number of hydrogen-bond donors (Lipinski definition) is 1. The molecule has 1 N–H and O–H groups in total. The SMILES string of the molecule is CCC1(CC)CNC(C2CC2)CN1CC1CCOC1. The first kappa shape index (κ1) is 13.8. The van der Waals surface area contributed by atoms with Crippen LogP contribution in [0.4, 0.5) is 0 Å². The fraction of sp³-hybridized carbons (Fsp3) is 1.00. The van der Waals surface area contributed by atoms with Crippen LogP contribution in [0.25, 0.3) is 0 Å². The summed E-state index contributed by atoms with van der Waals surface area (Å²) in [5.41, 5.74) is 0.397. The maximum Gasteiger partial charge on any atom is 0.0507 e. The van der Waals surface area contributed by atoms with Crippen molar-refractivity contribution < 1.29 is 4.74 Å². The molecule has 3 heteroatoms. The fourth-order valence-corrected chi connectivity index (χ4v) is 4.00. The third-order valence-corrected chi connectivity index (χ3v) is 5.79. The molecule has 0 aromatic carbocycles. The highest BCUT2D eigenvalue weighted by atomic mass is 16.5. The lowest BCUT2D eigenvalue weighted by Gasteiger charge is -2.50. The minimum atomic E-state index is 0.397. The normalized spacial score (nSPS) is 35.7. The molecule has 19 heavy (non-hydrogen) atoms. The van der Waals surface area contributed by atoms with Crippen LogP contribution in [0.1, 0.15) is 46.0 Å². The molecular weight excluding hydrogens is 236 g/mol. The van der Waals surface area contributed by atoms with Gasteiger partial charge in [-0.05, 0) is 43.9 Å². The van der Waals surface area contributed by atoms with Crippen LogP contribution in [-0.2, 0) is 4.74 Å². The van der Waals surface area contributed by atoms with Crippen molar-refractivity contribution in [2.24, 2.45) is 11.8 Å². The summed E-state index contributed by atoms with van der Waals surface area (Å²) in [7, 11) is 0. The lowest BCUT2D eigenvalue weighted by atomic mass is 9.85. The molecule has 1 aliphatic carbocycles. The smallest absolute Gasteiger partial charge is 0.0507 e. The predicted octanol–water partition coefficient (Wildman–Crippen LogP) is 2.27. The van der Waals surface area contributed by atoms with E-state index in [1.807, 2.05) is 0 Å². The number of piperazine rings is 1. The highest BCUT2D eigenvalue weighted by Gasteiger charge is 2.43. The lowest BCUT2D eigenvalue weighted by Crippen LogP contribution is -2.65. The zero-order chi connectivity index (χ0) is 13.3. The van der Waals surface area contributed by atoms with Gasteiger partial charge in [-0.1, -0.05) is 13.8 Å². The predicted molar refractivity (Wildman–Crippen MR) is 78.3 cm³/mol. The van der Waals surface area contributed by atoms with Gasteiger partial charge >= 0.3 is 0 Å². The van der Waals surface area contributed by atoms with Gasteiger partial charge in [-0.25, -0.2) is 0 Å². The zero-order valence-electron chi connectivity index (χ0n) is 12.7. The maximum atomic E-state index is 5.58. The minimum absolute atomic E-state index is 0.397. The van der Waals surface area contributed by atoms with E-state index in [1.54, 1.807) is 0 Å². The van der Waals surface area contributed by atoms with Gasteiger partial charge in [0, 0.05) is 37.8 Å². The van der Waals surface area contributed by atoms with Crippen LogP contribution >= 0.6 is 0 Å². The van der Waals surface area contributed by atoms with Crippen molar-refractivity contribution in [3.8, 4) is 0 Å². The molecule has 2 heterocycles. The van der Waals surface area contributed by atoms with E-state index < -0.39 is 0 Å². The average Bonchev–Trinajstić information content (AvgIpc) is 3.17. The fourth-order valence-electron chi connectivity index (χ4n) is 4.00. The number of hydrogen-bond acceptors (Lipinski definition) is 3. The zero-order valence-corrected chi connectivity index (χ0v) is 12.7. The molecule has 3 nitrogen and oxygen atoms in total. The van der Waals surface area contributed by atoms with Crippen molar-refractivity contribution >= 4 is 0 Å². The van der Waals surface area contributed by atoms with Crippen LogP contribution in [0.3, 0.4) is 0 Å². The molecule has 0 amide bonds. The Kier molecular flexibility index (Phi) is 4.16. The molecule has 0 aromatic heterocycles. The van der Waals surface area contributed by atoms with Crippen LogP contribution in [0.2, 0.25) is 0 Å². The Labute approximate surface area is 118 Å². The second kappa shape index (κ2) is 5.71. The number of ether oxygens (including phenoxy) is 1. The average molecular weight is 266 g/mol. The summed E-state index contributed by atoms with van der Waals surface area (Å²) in [4.78, 5) is 2.83. The topological polar surface area (TPSA) is 24.5 Å². The number of rotatable bonds is 5. The molecule has 2 unspecified atom stereocenters. The Morgan fingerprint density at radius 3 is 2.58 bits per heavy atom. The summed E-state index contributed by atoms with van der Waals surface area (Å²) < 4.78 is 5.58. The van der Waals surface area contributed by atoms with Crippen LogP contribution in [-0.4, -0.2) is 49.3 Å². The monoisotopic (exact) mass is 266 g/mol. The van der Waals surface area contributed by atoms with E-state index in [4.69, 9.17) is 4.74 Å². The van der Waals surface area contributed by atoms with Crippen LogP contribution < -0.4 is 5.32 Å². The molecule has 0 bridgehead atoms. The minimum Gasteiger partial charge on any atom is -0.381 e. The highest BCUT2D eigenvalue weighted by molar-refractivity contribution is 5.01. The molecule has 2 saturated heterocycles. The van der Waals surface area contributed by atoms with Crippen molar-refractivity contribution in [1.29, 1.82) is 0 Å². The van der Waals surface area contributed by atoms with Gasteiger partial charge in [0.15, 0.2) is 0 Å². The summed E-state index contributed by atoms with van der Waals surface area (Å²) in [5.74, 6) is 1.74. The first-order valence-corrected chi connectivity index (χ1v) is 8.33. The lowest BCUT2D eigenvalue weighted by molar-refractivity contribution is 0.0133. The van der Waals surface area contributed by atoms with Crippen molar-refractivity contribution in [3.63, 3.8) is 0 Å². The van der Waals surface area contributed by atoms with E-state index >= 15 is 0 Å². The van der Waals surface area contributed by atoms with Crippen molar-refractivity contribution in [2.75, 3.05) is 32.8 Å². The van der Waals surface area contributed by atoms with E-state index in [9.17, 15) is 0 Å². The third-order valence-electron chi connectivity index (χ3n) is 5.79. The standard InChI is InChI=1S/C16H30N2O/c1-3-16(4-2)12-17-15(14-5-6-14)10-18(16)9-13-7-8-19-11-13/h13-15,17H,3-12H2,1-2H3. The molecule has 2 aliphatic heterocycles. The molecule has 0 radical (unpaired) electrons. The van der Waals surface area contributed by atoms with E-state index in [0.29, 0.717) is 5.54 Å². The van der Waals surface area contributed by atoms with E-state index in [0.717, 1.165) is 31.1 Å². The molecule has 3 fully saturated rings. The van der Waals surface area contributed by atoms with Gasteiger partial charge in [0.1, 0.15) is 0 Å². The first-order valence-electron chi connectivity index (χ1n) is 8.33. The number of nitrogens with zero attached hydrogens (tertiary/aromatic N) is 1. The molecule has 0 aromatic rings. The molecule has 3 aliphatic rings. The molecular formula is C16H30N2O. The van der Waals surface area contributed by atoms with Crippen molar-refractivity contribution in [3.05, 3.63) is 0 Å². The number of nitrogens with one attached hydrogen (secondary N) is 1.